The Morgan fingerprint density at radius 3 is 2.73 bits per heavy atom. The lowest BCUT2D eigenvalue weighted by atomic mass is 10.1. The van der Waals surface area contributed by atoms with Gasteiger partial charge in [-0.15, -0.1) is 0 Å². The molecule has 0 aliphatic carbocycles. The van der Waals surface area contributed by atoms with Gasteiger partial charge in [0.25, 0.3) is 0 Å². The maximum absolute atomic E-state index is 5.95. The number of hydrogen-bond acceptors (Lipinski definition) is 8. The number of piperidine rings is 1. The van der Waals surface area contributed by atoms with Crippen LogP contribution in [-0.4, -0.2) is 66.9 Å². The van der Waals surface area contributed by atoms with Crippen LogP contribution >= 0.6 is 0 Å². The highest BCUT2D eigenvalue weighted by Gasteiger charge is 2.28. The minimum Gasteiger partial charge on any atom is -0.379 e. The molecule has 0 aromatic carbocycles. The van der Waals surface area contributed by atoms with E-state index in [0.29, 0.717) is 17.6 Å². The summed E-state index contributed by atoms with van der Waals surface area (Å²) in [6.07, 6.45) is 10.4. The van der Waals surface area contributed by atoms with Crippen LogP contribution < -0.4 is 5.73 Å². The molecular weight excluding hydrogens is 380 g/mol. The summed E-state index contributed by atoms with van der Waals surface area (Å²) in [6.45, 7) is 8.58. The van der Waals surface area contributed by atoms with Crippen molar-refractivity contribution in [2.45, 2.75) is 58.2 Å². The lowest BCUT2D eigenvalue weighted by Crippen LogP contribution is -2.42. The van der Waals surface area contributed by atoms with E-state index < -0.39 is 0 Å². The van der Waals surface area contributed by atoms with E-state index in [1.165, 1.54) is 57.3 Å². The minimum atomic E-state index is 0.260. The molecule has 2 aliphatic rings. The molecule has 0 unspecified atom stereocenters. The van der Waals surface area contributed by atoms with Gasteiger partial charge in [0.1, 0.15) is 5.52 Å². The van der Waals surface area contributed by atoms with Gasteiger partial charge in [0.2, 0.25) is 0 Å². The second kappa shape index (κ2) is 8.31. The van der Waals surface area contributed by atoms with Gasteiger partial charge in [-0.05, 0) is 62.6 Å². The van der Waals surface area contributed by atoms with Crippen molar-refractivity contribution in [1.82, 2.24) is 34.6 Å². The average Bonchev–Trinajstić information content (AvgIpc) is 3.47. The van der Waals surface area contributed by atoms with Crippen LogP contribution in [0.15, 0.2) is 17.0 Å². The fourth-order valence-electron chi connectivity index (χ4n) is 5.08. The number of fused-ring (bicyclic) bond motifs is 1. The van der Waals surface area contributed by atoms with Gasteiger partial charge < -0.3 is 15.2 Å². The molecule has 9 heteroatoms. The topological polar surface area (TPSA) is 102 Å². The molecule has 0 radical (unpaired) electrons. The van der Waals surface area contributed by atoms with E-state index in [9.17, 15) is 0 Å². The van der Waals surface area contributed by atoms with E-state index in [1.807, 2.05) is 12.4 Å². The number of nitrogen functional groups attached to an aromatic ring is 1. The molecule has 5 rings (SSSR count). The number of aryl methyl sites for hydroxylation is 1. The quantitative estimate of drug-likeness (QED) is 0.661. The summed E-state index contributed by atoms with van der Waals surface area (Å²) in [5.74, 6) is 0.947. The molecule has 160 valence electrons. The number of nitrogens with zero attached hydrogens (tertiary/aromatic N) is 7. The highest BCUT2D eigenvalue weighted by atomic mass is 16.6. The van der Waals surface area contributed by atoms with Gasteiger partial charge in [0.15, 0.2) is 17.3 Å². The summed E-state index contributed by atoms with van der Waals surface area (Å²) in [4.78, 5) is 14.5. The van der Waals surface area contributed by atoms with Crippen molar-refractivity contribution in [2.75, 3.05) is 31.9 Å². The van der Waals surface area contributed by atoms with Gasteiger partial charge in [-0.1, -0.05) is 6.42 Å². The number of hydrogen-bond donors (Lipinski definition) is 1. The molecular formula is C21H30N8O. The number of nitrogens with two attached hydrogens (primary N) is 1. The molecule has 0 spiro atoms. The van der Waals surface area contributed by atoms with Crippen LogP contribution in [0.25, 0.3) is 22.6 Å². The Bertz CT molecular complexity index is 1010. The zero-order valence-electron chi connectivity index (χ0n) is 17.6. The molecule has 2 aliphatic heterocycles. The molecule has 0 bridgehead atoms. The van der Waals surface area contributed by atoms with Crippen LogP contribution in [0.2, 0.25) is 0 Å². The van der Waals surface area contributed by atoms with Gasteiger partial charge in [-0.25, -0.2) is 9.61 Å². The minimum absolute atomic E-state index is 0.260. The fourth-order valence-corrected chi connectivity index (χ4v) is 5.08. The highest BCUT2D eigenvalue weighted by Crippen LogP contribution is 2.30. The highest BCUT2D eigenvalue weighted by molar-refractivity contribution is 5.83. The van der Waals surface area contributed by atoms with Crippen molar-refractivity contribution >= 4 is 16.9 Å². The molecule has 3 aromatic heterocycles. The maximum atomic E-state index is 5.95. The van der Waals surface area contributed by atoms with E-state index in [2.05, 4.69) is 36.6 Å². The number of rotatable bonds is 6. The maximum Gasteiger partial charge on any atom is 0.199 e. The van der Waals surface area contributed by atoms with Crippen LogP contribution in [0.5, 0.6) is 0 Å². The van der Waals surface area contributed by atoms with Crippen LogP contribution in [0.1, 0.15) is 44.6 Å². The molecule has 0 amide bonds. The summed E-state index contributed by atoms with van der Waals surface area (Å²) < 4.78 is 6.96. The lowest BCUT2D eigenvalue weighted by Gasteiger charge is -2.33. The Morgan fingerprint density at radius 1 is 1.10 bits per heavy atom. The number of pyridine rings is 1. The normalized spacial score (nSPS) is 21.0. The predicted octanol–water partition coefficient (Wildman–Crippen LogP) is 2.53. The largest absolute Gasteiger partial charge is 0.379 e. The third-order valence-electron chi connectivity index (χ3n) is 6.56. The molecule has 3 aromatic rings. The molecule has 5 heterocycles. The number of likely N-dealkylation sites (tertiary alicyclic amines) is 2. The Balaban J connectivity index is 1.44. The standard InChI is InChI=1S/C21H30N8O/c1-2-29-19-15(11-23-12-17(19)24-21(29)18-20(22)26-30-25-18)13-28-10-6-7-16(28)14-27-8-4-3-5-9-27/h11-12,16H,2-10,13-14H2,1H3,(H2,22,26)/t16-/m1/s1. The number of imidazole rings is 1. The molecule has 2 fully saturated rings. The predicted molar refractivity (Wildman–Crippen MR) is 115 cm³/mol. The van der Waals surface area contributed by atoms with Crippen molar-refractivity contribution in [1.29, 1.82) is 0 Å². The Morgan fingerprint density at radius 2 is 1.97 bits per heavy atom. The zero-order valence-corrected chi connectivity index (χ0v) is 17.6. The molecule has 2 N–H and O–H groups in total. The summed E-state index contributed by atoms with van der Waals surface area (Å²) in [6, 6.07) is 0.617. The first-order chi connectivity index (χ1) is 14.7. The summed E-state index contributed by atoms with van der Waals surface area (Å²) in [5, 5.41) is 7.69. The summed E-state index contributed by atoms with van der Waals surface area (Å²) in [5.41, 5.74) is 9.60. The third kappa shape index (κ3) is 3.56. The monoisotopic (exact) mass is 410 g/mol. The first-order valence-electron chi connectivity index (χ1n) is 11.1. The van der Waals surface area contributed by atoms with Crippen LogP contribution in [0.4, 0.5) is 5.82 Å². The molecule has 9 nitrogen and oxygen atoms in total. The number of anilines is 1. The number of aromatic nitrogens is 5. The van der Waals surface area contributed by atoms with Crippen molar-refractivity contribution in [3.05, 3.63) is 18.0 Å². The van der Waals surface area contributed by atoms with E-state index in [0.717, 1.165) is 30.7 Å². The average molecular weight is 411 g/mol. The van der Waals surface area contributed by atoms with E-state index in [-0.39, 0.29) is 5.82 Å². The molecule has 1 atom stereocenters. The van der Waals surface area contributed by atoms with Crippen LogP contribution in [0, 0.1) is 0 Å². The fraction of sp³-hybridized carbons (Fsp3) is 0.619. The Labute approximate surface area is 176 Å². The van der Waals surface area contributed by atoms with E-state index in [4.69, 9.17) is 15.3 Å². The van der Waals surface area contributed by atoms with Gasteiger partial charge in [-0.2, -0.15) is 0 Å². The van der Waals surface area contributed by atoms with Gasteiger partial charge >= 0.3 is 0 Å². The smallest absolute Gasteiger partial charge is 0.199 e. The van der Waals surface area contributed by atoms with Crippen LogP contribution in [0.3, 0.4) is 0 Å². The summed E-state index contributed by atoms with van der Waals surface area (Å²) in [7, 11) is 0. The van der Waals surface area contributed by atoms with E-state index >= 15 is 0 Å². The van der Waals surface area contributed by atoms with E-state index in [1.54, 1.807) is 0 Å². The second-order valence-electron chi connectivity index (χ2n) is 8.47. The molecule has 0 saturated carbocycles. The van der Waals surface area contributed by atoms with Crippen molar-refractivity contribution < 1.29 is 4.63 Å². The lowest BCUT2D eigenvalue weighted by molar-refractivity contribution is 0.149. The van der Waals surface area contributed by atoms with Gasteiger partial charge in [0.05, 0.1) is 11.7 Å². The summed E-state index contributed by atoms with van der Waals surface area (Å²) >= 11 is 0. The van der Waals surface area contributed by atoms with Crippen molar-refractivity contribution in [3.8, 4) is 11.5 Å². The van der Waals surface area contributed by atoms with Crippen molar-refractivity contribution in [3.63, 3.8) is 0 Å². The molecule has 2 saturated heterocycles. The third-order valence-corrected chi connectivity index (χ3v) is 6.56. The Hall–Kier alpha value is -2.52. The van der Waals surface area contributed by atoms with Crippen molar-refractivity contribution in [2.24, 2.45) is 0 Å². The second-order valence-corrected chi connectivity index (χ2v) is 8.47. The SMILES string of the molecule is CCn1c(-c2nonc2N)nc2cncc(CN3CCC[C@@H]3CN3CCCCC3)c21. The van der Waals surface area contributed by atoms with Crippen LogP contribution in [-0.2, 0) is 13.1 Å². The molecule has 30 heavy (non-hydrogen) atoms. The van der Waals surface area contributed by atoms with Gasteiger partial charge in [0, 0.05) is 37.4 Å². The zero-order chi connectivity index (χ0) is 20.5. The first kappa shape index (κ1) is 19.4. The Kier molecular flexibility index (Phi) is 5.39. The first-order valence-corrected chi connectivity index (χ1v) is 11.1. The van der Waals surface area contributed by atoms with Gasteiger partial charge in [-0.3, -0.25) is 9.88 Å².